The molecule has 2 rings (SSSR count). The molecule has 0 saturated carbocycles. The van der Waals surface area contributed by atoms with Crippen LogP contribution in [0.5, 0.6) is 5.75 Å². The summed E-state index contributed by atoms with van der Waals surface area (Å²) in [5.74, 6) is 1.38. The summed E-state index contributed by atoms with van der Waals surface area (Å²) in [5.41, 5.74) is 8.69. The molecule has 0 aliphatic heterocycles. The monoisotopic (exact) mass is 303 g/mol. The van der Waals surface area contributed by atoms with Crippen LogP contribution in [-0.4, -0.2) is 10.8 Å². The second kappa shape index (κ2) is 6.26. The lowest BCUT2D eigenvalue weighted by Gasteiger charge is -2.14. The molecule has 0 aliphatic carbocycles. The standard InChI is InChI=1S/C16H21N3OS/c1-9(2)12-6-5-10(3)7-13(12)20-8-14-19-11(4)15(21-14)16(17)18/h5-7,9H,8H2,1-4H3,(H3,17,18). The largest absolute Gasteiger partial charge is 0.486 e. The summed E-state index contributed by atoms with van der Waals surface area (Å²) in [6, 6.07) is 6.27. The SMILES string of the molecule is Cc1ccc(C(C)C)c(OCc2nc(C)c(C(=N)N)s2)c1. The molecule has 2 aromatic rings. The van der Waals surface area contributed by atoms with Gasteiger partial charge in [-0.2, -0.15) is 0 Å². The van der Waals surface area contributed by atoms with E-state index in [-0.39, 0.29) is 5.84 Å². The Balaban J connectivity index is 2.18. The Bertz CT molecular complexity index is 662. The van der Waals surface area contributed by atoms with Gasteiger partial charge in [-0.1, -0.05) is 26.0 Å². The van der Waals surface area contributed by atoms with Crippen LogP contribution >= 0.6 is 11.3 Å². The van der Waals surface area contributed by atoms with Crippen molar-refractivity contribution in [1.82, 2.24) is 4.98 Å². The Morgan fingerprint density at radius 2 is 2.10 bits per heavy atom. The first kappa shape index (κ1) is 15.5. The Labute approximate surface area is 129 Å². The molecule has 0 aliphatic rings. The van der Waals surface area contributed by atoms with Crippen molar-refractivity contribution in [2.24, 2.45) is 5.73 Å². The molecule has 0 unspecified atom stereocenters. The van der Waals surface area contributed by atoms with Crippen LogP contribution in [0.1, 0.15) is 46.5 Å². The maximum Gasteiger partial charge on any atom is 0.140 e. The first-order valence-corrected chi connectivity index (χ1v) is 7.74. The summed E-state index contributed by atoms with van der Waals surface area (Å²) >= 11 is 1.42. The molecule has 0 fully saturated rings. The highest BCUT2D eigenvalue weighted by Gasteiger charge is 2.12. The lowest BCUT2D eigenvalue weighted by Crippen LogP contribution is -2.10. The van der Waals surface area contributed by atoms with Gasteiger partial charge in [0.1, 0.15) is 23.2 Å². The minimum Gasteiger partial charge on any atom is -0.486 e. The first-order valence-electron chi connectivity index (χ1n) is 6.92. The number of rotatable bonds is 5. The van der Waals surface area contributed by atoms with Crippen LogP contribution in [-0.2, 0) is 6.61 Å². The van der Waals surface area contributed by atoms with Crippen molar-refractivity contribution in [2.45, 2.75) is 40.2 Å². The van der Waals surface area contributed by atoms with Crippen molar-refractivity contribution < 1.29 is 4.74 Å². The number of nitrogens with two attached hydrogens (primary N) is 1. The van der Waals surface area contributed by atoms with Crippen LogP contribution in [0.4, 0.5) is 0 Å². The Kier molecular flexibility index (Phi) is 4.63. The molecule has 0 radical (unpaired) electrons. The fraction of sp³-hybridized carbons (Fsp3) is 0.375. The smallest absolute Gasteiger partial charge is 0.140 e. The Morgan fingerprint density at radius 1 is 1.38 bits per heavy atom. The second-order valence-electron chi connectivity index (χ2n) is 5.42. The van der Waals surface area contributed by atoms with E-state index in [9.17, 15) is 0 Å². The highest BCUT2D eigenvalue weighted by molar-refractivity contribution is 7.13. The number of benzene rings is 1. The molecule has 4 nitrogen and oxygen atoms in total. The molecule has 112 valence electrons. The van der Waals surface area contributed by atoms with Crippen molar-refractivity contribution in [3.8, 4) is 5.75 Å². The van der Waals surface area contributed by atoms with Crippen LogP contribution in [0.2, 0.25) is 0 Å². The third-order valence-corrected chi connectivity index (χ3v) is 4.39. The third-order valence-electron chi connectivity index (χ3n) is 3.23. The molecule has 1 heterocycles. The van der Waals surface area contributed by atoms with Gasteiger partial charge in [0.2, 0.25) is 0 Å². The highest BCUT2D eigenvalue weighted by atomic mass is 32.1. The molecule has 0 saturated heterocycles. The maximum absolute atomic E-state index is 7.51. The molecular formula is C16H21N3OS. The molecule has 1 aromatic heterocycles. The average Bonchev–Trinajstić information content (AvgIpc) is 2.77. The number of ether oxygens (including phenoxy) is 1. The molecule has 3 N–H and O–H groups in total. The summed E-state index contributed by atoms with van der Waals surface area (Å²) in [6.07, 6.45) is 0. The molecule has 0 spiro atoms. The number of aromatic nitrogens is 1. The first-order chi connectivity index (χ1) is 9.88. The van der Waals surface area contributed by atoms with E-state index in [4.69, 9.17) is 15.9 Å². The van der Waals surface area contributed by atoms with E-state index in [1.165, 1.54) is 22.5 Å². The quantitative estimate of drug-likeness (QED) is 0.652. The van der Waals surface area contributed by atoms with Crippen LogP contribution in [0.15, 0.2) is 18.2 Å². The molecule has 0 amide bonds. The zero-order valence-corrected chi connectivity index (χ0v) is 13.7. The molecule has 0 bridgehead atoms. The number of aryl methyl sites for hydroxylation is 2. The Morgan fingerprint density at radius 3 is 2.67 bits per heavy atom. The van der Waals surface area contributed by atoms with E-state index in [1.54, 1.807) is 0 Å². The van der Waals surface area contributed by atoms with Crippen LogP contribution in [0.25, 0.3) is 0 Å². The number of nitrogen functional groups attached to an aromatic ring is 1. The van der Waals surface area contributed by atoms with Gasteiger partial charge in [0, 0.05) is 0 Å². The zero-order chi connectivity index (χ0) is 15.6. The number of nitrogens with one attached hydrogen (secondary N) is 1. The third kappa shape index (κ3) is 3.61. The summed E-state index contributed by atoms with van der Waals surface area (Å²) < 4.78 is 5.95. The second-order valence-corrected chi connectivity index (χ2v) is 6.50. The topological polar surface area (TPSA) is 72.0 Å². The number of nitrogens with zero attached hydrogens (tertiary/aromatic N) is 1. The fourth-order valence-corrected chi connectivity index (χ4v) is 2.99. The van der Waals surface area contributed by atoms with Gasteiger partial charge in [-0.25, -0.2) is 4.98 Å². The van der Waals surface area contributed by atoms with E-state index < -0.39 is 0 Å². The minimum absolute atomic E-state index is 0.0645. The zero-order valence-electron chi connectivity index (χ0n) is 12.9. The van der Waals surface area contributed by atoms with Gasteiger partial charge in [-0.15, -0.1) is 11.3 Å². The summed E-state index contributed by atoms with van der Waals surface area (Å²) in [5, 5.41) is 8.35. The fourth-order valence-electron chi connectivity index (χ4n) is 2.15. The summed E-state index contributed by atoms with van der Waals surface area (Å²) in [7, 11) is 0. The van der Waals surface area contributed by atoms with Crippen molar-refractivity contribution in [2.75, 3.05) is 0 Å². The number of amidine groups is 1. The predicted octanol–water partition coefficient (Wildman–Crippen LogP) is 3.75. The van der Waals surface area contributed by atoms with Crippen molar-refractivity contribution in [3.63, 3.8) is 0 Å². The maximum atomic E-state index is 7.51. The van der Waals surface area contributed by atoms with Gasteiger partial charge >= 0.3 is 0 Å². The van der Waals surface area contributed by atoms with Gasteiger partial charge in [-0.3, -0.25) is 5.41 Å². The number of hydrogen-bond donors (Lipinski definition) is 2. The van der Waals surface area contributed by atoms with Crippen LogP contribution < -0.4 is 10.5 Å². The lowest BCUT2D eigenvalue weighted by molar-refractivity contribution is 0.301. The van der Waals surface area contributed by atoms with E-state index in [0.29, 0.717) is 12.5 Å². The van der Waals surface area contributed by atoms with Crippen molar-refractivity contribution in [3.05, 3.63) is 44.9 Å². The lowest BCUT2D eigenvalue weighted by atomic mass is 10.0. The molecule has 21 heavy (non-hydrogen) atoms. The molecule has 0 atom stereocenters. The molecule has 5 heteroatoms. The normalized spacial score (nSPS) is 10.9. The van der Waals surface area contributed by atoms with Crippen molar-refractivity contribution >= 4 is 17.2 Å². The number of hydrogen-bond acceptors (Lipinski definition) is 4. The van der Waals surface area contributed by atoms with E-state index in [2.05, 4.69) is 44.0 Å². The average molecular weight is 303 g/mol. The van der Waals surface area contributed by atoms with Gasteiger partial charge in [0.05, 0.1) is 10.6 Å². The Hall–Kier alpha value is -1.88. The van der Waals surface area contributed by atoms with E-state index in [1.807, 2.05) is 6.92 Å². The summed E-state index contributed by atoms with van der Waals surface area (Å²) in [6.45, 7) is 8.63. The van der Waals surface area contributed by atoms with Gasteiger partial charge in [-0.05, 0) is 37.0 Å². The molecular weight excluding hydrogens is 282 g/mol. The van der Waals surface area contributed by atoms with Crippen molar-refractivity contribution in [1.29, 1.82) is 5.41 Å². The van der Waals surface area contributed by atoms with E-state index >= 15 is 0 Å². The summed E-state index contributed by atoms with van der Waals surface area (Å²) in [4.78, 5) is 5.14. The van der Waals surface area contributed by atoms with Gasteiger partial charge in [0.25, 0.3) is 0 Å². The van der Waals surface area contributed by atoms with Crippen LogP contribution in [0, 0.1) is 19.3 Å². The van der Waals surface area contributed by atoms with Crippen LogP contribution in [0.3, 0.4) is 0 Å². The minimum atomic E-state index is 0.0645. The number of thiazole rings is 1. The highest BCUT2D eigenvalue weighted by Crippen LogP contribution is 2.28. The van der Waals surface area contributed by atoms with E-state index in [0.717, 1.165) is 21.3 Å². The van der Waals surface area contributed by atoms with Gasteiger partial charge in [0.15, 0.2) is 0 Å². The van der Waals surface area contributed by atoms with Gasteiger partial charge < -0.3 is 10.5 Å². The molecule has 1 aromatic carbocycles. The predicted molar refractivity (Wildman–Crippen MR) is 87.5 cm³/mol.